The fourth-order valence-corrected chi connectivity index (χ4v) is 7.19. The molecule has 5 heteroatoms. The summed E-state index contributed by atoms with van der Waals surface area (Å²) in [4.78, 5) is 20.0. The van der Waals surface area contributed by atoms with Crippen molar-refractivity contribution in [3.8, 4) is 62.4 Å². The average molecular weight is 600 g/mol. The molecule has 47 heavy (non-hydrogen) atoms. The second-order valence-electron chi connectivity index (χ2n) is 11.9. The van der Waals surface area contributed by atoms with Crippen LogP contribution in [0.4, 0.5) is 0 Å². The van der Waals surface area contributed by atoms with E-state index in [0.29, 0.717) is 23.2 Å². The lowest BCUT2D eigenvalue weighted by molar-refractivity contribution is 1.03. The van der Waals surface area contributed by atoms with E-state index in [2.05, 4.69) is 83.4 Å². The molecule has 0 atom stereocenters. The van der Waals surface area contributed by atoms with Crippen LogP contribution in [0.1, 0.15) is 0 Å². The molecule has 3 heterocycles. The molecule has 1 aliphatic rings. The van der Waals surface area contributed by atoms with Gasteiger partial charge in [-0.3, -0.25) is 4.57 Å². The molecule has 10 rings (SSSR count). The topological polar surface area (TPSA) is 56.5 Å². The molecule has 0 bridgehead atoms. The van der Waals surface area contributed by atoms with Gasteiger partial charge >= 0.3 is 0 Å². The van der Waals surface area contributed by atoms with E-state index in [9.17, 15) is 0 Å². The summed E-state index contributed by atoms with van der Waals surface area (Å²) in [6.45, 7) is 0. The van der Waals surface area contributed by atoms with Gasteiger partial charge in [-0.25, -0.2) is 19.9 Å². The lowest BCUT2D eigenvalue weighted by Gasteiger charge is -2.13. The summed E-state index contributed by atoms with van der Waals surface area (Å²) in [7, 11) is 0. The van der Waals surface area contributed by atoms with Crippen LogP contribution in [0, 0.1) is 0 Å². The first-order chi connectivity index (χ1) is 23.3. The molecule has 9 aromatic rings. The Kier molecular flexibility index (Phi) is 5.51. The summed E-state index contributed by atoms with van der Waals surface area (Å²) in [5, 5.41) is 5.04. The summed E-state index contributed by atoms with van der Waals surface area (Å²) >= 11 is 0. The van der Waals surface area contributed by atoms with Crippen molar-refractivity contribution >= 4 is 32.6 Å². The van der Waals surface area contributed by atoms with E-state index >= 15 is 0 Å². The van der Waals surface area contributed by atoms with Crippen LogP contribution in [-0.4, -0.2) is 24.5 Å². The normalized spacial score (nSPS) is 11.8. The Balaban J connectivity index is 1.22. The van der Waals surface area contributed by atoms with Crippen molar-refractivity contribution in [1.82, 2.24) is 24.5 Å². The Morgan fingerprint density at radius 1 is 0.340 bits per heavy atom. The number of aromatic nitrogens is 5. The van der Waals surface area contributed by atoms with Crippen molar-refractivity contribution in [1.29, 1.82) is 0 Å². The summed E-state index contributed by atoms with van der Waals surface area (Å²) in [5.74, 6) is 2.57. The lowest BCUT2D eigenvalue weighted by Crippen LogP contribution is -2.03. The molecule has 0 saturated heterocycles. The molecule has 218 valence electrons. The average Bonchev–Trinajstić information content (AvgIpc) is 3.43. The number of hydrogen-bond acceptors (Lipinski definition) is 4. The highest BCUT2D eigenvalue weighted by atomic mass is 15.1. The molecule has 0 unspecified atom stereocenters. The van der Waals surface area contributed by atoms with E-state index in [1.165, 1.54) is 43.8 Å². The van der Waals surface area contributed by atoms with Crippen molar-refractivity contribution in [3.05, 3.63) is 152 Å². The van der Waals surface area contributed by atoms with Crippen molar-refractivity contribution in [3.63, 3.8) is 0 Å². The monoisotopic (exact) mass is 599 g/mol. The molecule has 0 aliphatic heterocycles. The molecule has 3 aromatic heterocycles. The van der Waals surface area contributed by atoms with Crippen LogP contribution in [0.25, 0.3) is 94.9 Å². The fraction of sp³-hybridized carbons (Fsp3) is 0. The van der Waals surface area contributed by atoms with Crippen LogP contribution in [0.2, 0.25) is 0 Å². The Hall–Kier alpha value is -6.46. The predicted molar refractivity (Wildman–Crippen MR) is 190 cm³/mol. The quantitative estimate of drug-likeness (QED) is 0.202. The molecule has 0 fully saturated rings. The second-order valence-corrected chi connectivity index (χ2v) is 11.9. The van der Waals surface area contributed by atoms with E-state index in [1.807, 2.05) is 72.8 Å². The van der Waals surface area contributed by atoms with Gasteiger partial charge in [0.05, 0.1) is 11.0 Å². The third-order valence-electron chi connectivity index (χ3n) is 9.19. The zero-order valence-electron chi connectivity index (χ0n) is 25.2. The Morgan fingerprint density at radius 3 is 1.36 bits per heavy atom. The first-order valence-corrected chi connectivity index (χ1v) is 15.8. The summed E-state index contributed by atoms with van der Waals surface area (Å²) in [6.07, 6.45) is 0. The van der Waals surface area contributed by atoms with E-state index in [4.69, 9.17) is 19.9 Å². The van der Waals surface area contributed by atoms with Gasteiger partial charge in [-0.1, -0.05) is 127 Å². The van der Waals surface area contributed by atoms with Crippen LogP contribution in [0.15, 0.2) is 152 Å². The van der Waals surface area contributed by atoms with Gasteiger partial charge in [0.1, 0.15) is 11.5 Å². The number of pyridine rings is 1. The van der Waals surface area contributed by atoms with Gasteiger partial charge in [-0.05, 0) is 57.3 Å². The third kappa shape index (κ3) is 3.90. The van der Waals surface area contributed by atoms with Crippen molar-refractivity contribution in [2.45, 2.75) is 0 Å². The molecule has 0 amide bonds. The predicted octanol–water partition coefficient (Wildman–Crippen LogP) is 10.2. The molecule has 6 aromatic carbocycles. The Bertz CT molecular complexity index is 2520. The summed E-state index contributed by atoms with van der Waals surface area (Å²) in [5.41, 5.74) is 9.76. The molecule has 0 saturated carbocycles. The number of nitrogens with zero attached hydrogens (tertiary/aromatic N) is 5. The van der Waals surface area contributed by atoms with E-state index in [0.717, 1.165) is 28.0 Å². The van der Waals surface area contributed by atoms with E-state index in [1.54, 1.807) is 0 Å². The number of fused-ring (bicyclic) bond motifs is 2. The highest BCUT2D eigenvalue weighted by Crippen LogP contribution is 2.49. The second kappa shape index (κ2) is 10.0. The van der Waals surface area contributed by atoms with Gasteiger partial charge in [0, 0.05) is 21.9 Å². The zero-order valence-corrected chi connectivity index (χ0v) is 25.2. The molecular formula is C42H25N5. The van der Waals surface area contributed by atoms with E-state index in [-0.39, 0.29) is 0 Å². The highest BCUT2D eigenvalue weighted by Gasteiger charge is 2.25. The number of hydrogen-bond donors (Lipinski definition) is 0. The van der Waals surface area contributed by atoms with Crippen molar-refractivity contribution in [2.24, 2.45) is 0 Å². The highest BCUT2D eigenvalue weighted by molar-refractivity contribution is 6.27. The van der Waals surface area contributed by atoms with Crippen molar-refractivity contribution < 1.29 is 0 Å². The summed E-state index contributed by atoms with van der Waals surface area (Å²) < 4.78 is 2.28. The maximum atomic E-state index is 5.25. The number of benzene rings is 6. The van der Waals surface area contributed by atoms with Crippen LogP contribution >= 0.6 is 0 Å². The van der Waals surface area contributed by atoms with E-state index < -0.39 is 0 Å². The molecule has 0 N–H and O–H groups in total. The van der Waals surface area contributed by atoms with Crippen molar-refractivity contribution in [2.75, 3.05) is 0 Å². The standard InChI is InChI=1S/C42H25N5/c1-3-12-27(13-4-1)40-44-41(28-14-5-2-6-15-28)46-42(45-40)33-22-11-25-36(43-33)47-34-23-9-20-31-29-18-7-16-26-17-8-19-30(37(26)29)32-21-10-24-35(47)39(32)38(31)34/h1-25H. The largest absolute Gasteiger partial charge is 0.294 e. The van der Waals surface area contributed by atoms with Gasteiger partial charge < -0.3 is 0 Å². The minimum absolute atomic E-state index is 0.531. The Morgan fingerprint density at radius 2 is 0.809 bits per heavy atom. The number of rotatable bonds is 4. The first kappa shape index (κ1) is 25.8. The SMILES string of the molecule is c1ccc(-c2nc(-c3ccccc3)nc(-c3cccc(-n4c5cccc6c5c5c(cccc54)-c4cccc5cccc-6c45)n3)n2)cc1. The maximum Gasteiger partial charge on any atom is 0.182 e. The van der Waals surface area contributed by atoms with Gasteiger partial charge in [-0.2, -0.15) is 0 Å². The zero-order chi connectivity index (χ0) is 30.9. The van der Waals surface area contributed by atoms with Crippen LogP contribution < -0.4 is 0 Å². The summed E-state index contributed by atoms with van der Waals surface area (Å²) in [6, 6.07) is 52.7. The molecule has 1 aliphatic carbocycles. The maximum absolute atomic E-state index is 5.25. The van der Waals surface area contributed by atoms with Gasteiger partial charge in [0.15, 0.2) is 17.5 Å². The van der Waals surface area contributed by atoms with Crippen LogP contribution in [-0.2, 0) is 0 Å². The van der Waals surface area contributed by atoms with Gasteiger partial charge in [-0.15, -0.1) is 0 Å². The third-order valence-corrected chi connectivity index (χ3v) is 9.19. The molecule has 5 nitrogen and oxygen atoms in total. The molecular weight excluding hydrogens is 574 g/mol. The smallest absolute Gasteiger partial charge is 0.182 e. The lowest BCUT2D eigenvalue weighted by atomic mass is 9.93. The minimum atomic E-state index is 0.531. The molecule has 0 spiro atoms. The minimum Gasteiger partial charge on any atom is -0.294 e. The molecule has 0 radical (unpaired) electrons. The Labute approximate surface area is 270 Å². The first-order valence-electron chi connectivity index (χ1n) is 15.8. The van der Waals surface area contributed by atoms with Gasteiger partial charge in [0.2, 0.25) is 0 Å². The van der Waals surface area contributed by atoms with Crippen LogP contribution in [0.5, 0.6) is 0 Å². The van der Waals surface area contributed by atoms with Crippen LogP contribution in [0.3, 0.4) is 0 Å². The fourth-order valence-electron chi connectivity index (χ4n) is 7.19. The van der Waals surface area contributed by atoms with Gasteiger partial charge in [0.25, 0.3) is 0 Å².